The quantitative estimate of drug-likeness (QED) is 0.605. The molecule has 1 aliphatic rings. The molecule has 2 rings (SSSR count). The molecule has 1 N–H and O–H groups in total. The van der Waals surface area contributed by atoms with Crippen molar-refractivity contribution in [3.8, 4) is 5.75 Å². The molecule has 5 heteroatoms. The summed E-state index contributed by atoms with van der Waals surface area (Å²) in [6.45, 7) is 0.869. The third-order valence-corrected chi connectivity index (χ3v) is 2.86. The summed E-state index contributed by atoms with van der Waals surface area (Å²) in [5.41, 5.74) is 1.00. The molecule has 0 radical (unpaired) electrons. The maximum Gasteiger partial charge on any atom is 0.311 e. The van der Waals surface area contributed by atoms with Gasteiger partial charge in [-0.05, 0) is 37.4 Å². The van der Waals surface area contributed by atoms with E-state index in [9.17, 15) is 10.1 Å². The Bertz CT molecular complexity index is 416. The molecule has 1 aliphatic carbocycles. The number of ether oxygens (including phenoxy) is 1. The summed E-state index contributed by atoms with van der Waals surface area (Å²) in [6.07, 6.45) is 3.31. The van der Waals surface area contributed by atoms with Crippen molar-refractivity contribution >= 4 is 5.69 Å². The van der Waals surface area contributed by atoms with E-state index < -0.39 is 4.92 Å². The minimum atomic E-state index is -0.406. The molecule has 1 aromatic carbocycles. The standard InChI is InChI=1S/C12H16N2O3/c1-17-12-5-2-9(8-11(12)14(15)16)6-7-13-10-3-4-10/h2,5,8,10,13H,3-4,6-7H2,1H3. The summed E-state index contributed by atoms with van der Waals surface area (Å²) < 4.78 is 4.96. The molecule has 1 saturated carbocycles. The second kappa shape index (κ2) is 5.14. The summed E-state index contributed by atoms with van der Waals surface area (Å²) in [5.74, 6) is 0.314. The van der Waals surface area contributed by atoms with Crippen LogP contribution >= 0.6 is 0 Å². The van der Waals surface area contributed by atoms with Crippen LogP contribution in [0.15, 0.2) is 18.2 Å². The van der Waals surface area contributed by atoms with Crippen LogP contribution in [0, 0.1) is 10.1 Å². The minimum absolute atomic E-state index is 0.0384. The maximum atomic E-state index is 10.8. The van der Waals surface area contributed by atoms with Gasteiger partial charge in [0.15, 0.2) is 5.75 Å². The van der Waals surface area contributed by atoms with Gasteiger partial charge in [-0.2, -0.15) is 0 Å². The van der Waals surface area contributed by atoms with E-state index in [1.54, 1.807) is 12.1 Å². The highest BCUT2D eigenvalue weighted by Gasteiger charge is 2.20. The molecular weight excluding hydrogens is 220 g/mol. The number of rotatable bonds is 6. The first-order chi connectivity index (χ1) is 8.20. The highest BCUT2D eigenvalue weighted by atomic mass is 16.6. The van der Waals surface area contributed by atoms with Gasteiger partial charge in [0.1, 0.15) is 0 Å². The van der Waals surface area contributed by atoms with Gasteiger partial charge in [-0.1, -0.05) is 6.07 Å². The van der Waals surface area contributed by atoms with Crippen LogP contribution < -0.4 is 10.1 Å². The lowest BCUT2D eigenvalue weighted by Crippen LogP contribution is -2.19. The monoisotopic (exact) mass is 236 g/mol. The Morgan fingerprint density at radius 3 is 2.88 bits per heavy atom. The first-order valence-corrected chi connectivity index (χ1v) is 5.75. The third kappa shape index (κ3) is 3.17. The molecular formula is C12H16N2O3. The predicted molar refractivity (Wildman–Crippen MR) is 64.4 cm³/mol. The van der Waals surface area contributed by atoms with Crippen LogP contribution in [0.5, 0.6) is 5.75 Å². The molecule has 92 valence electrons. The van der Waals surface area contributed by atoms with Crippen LogP contribution in [-0.4, -0.2) is 24.6 Å². The molecule has 0 aliphatic heterocycles. The smallest absolute Gasteiger partial charge is 0.311 e. The lowest BCUT2D eigenvalue weighted by atomic mass is 10.1. The number of nitro benzene ring substituents is 1. The zero-order valence-electron chi connectivity index (χ0n) is 9.81. The van der Waals surface area contributed by atoms with Crippen LogP contribution in [0.1, 0.15) is 18.4 Å². The lowest BCUT2D eigenvalue weighted by Gasteiger charge is -2.05. The van der Waals surface area contributed by atoms with Gasteiger partial charge in [0.25, 0.3) is 0 Å². The number of methoxy groups -OCH3 is 1. The predicted octanol–water partition coefficient (Wildman–Crippen LogP) is 1.90. The van der Waals surface area contributed by atoms with Gasteiger partial charge in [-0.15, -0.1) is 0 Å². The first-order valence-electron chi connectivity index (χ1n) is 5.75. The molecule has 17 heavy (non-hydrogen) atoms. The lowest BCUT2D eigenvalue weighted by molar-refractivity contribution is -0.385. The minimum Gasteiger partial charge on any atom is -0.490 e. The number of nitrogens with zero attached hydrogens (tertiary/aromatic N) is 1. The number of nitrogens with one attached hydrogen (secondary N) is 1. The molecule has 1 fully saturated rings. The second-order valence-electron chi connectivity index (χ2n) is 4.24. The van der Waals surface area contributed by atoms with Crippen molar-refractivity contribution < 1.29 is 9.66 Å². The molecule has 0 saturated heterocycles. The fraction of sp³-hybridized carbons (Fsp3) is 0.500. The van der Waals surface area contributed by atoms with Gasteiger partial charge >= 0.3 is 5.69 Å². The topological polar surface area (TPSA) is 64.4 Å². The van der Waals surface area contributed by atoms with Gasteiger partial charge in [-0.25, -0.2) is 0 Å². The fourth-order valence-electron chi connectivity index (χ4n) is 1.74. The molecule has 0 amide bonds. The first kappa shape index (κ1) is 11.9. The third-order valence-electron chi connectivity index (χ3n) is 2.86. The number of hydrogen-bond acceptors (Lipinski definition) is 4. The summed E-state index contributed by atoms with van der Waals surface area (Å²) in [6, 6.07) is 5.79. The summed E-state index contributed by atoms with van der Waals surface area (Å²) in [4.78, 5) is 10.4. The summed E-state index contributed by atoms with van der Waals surface area (Å²) >= 11 is 0. The van der Waals surface area contributed by atoms with E-state index >= 15 is 0 Å². The van der Waals surface area contributed by atoms with Crippen molar-refractivity contribution in [1.82, 2.24) is 5.32 Å². The van der Waals surface area contributed by atoms with E-state index in [0.29, 0.717) is 11.8 Å². The Labute approximate surface area is 99.9 Å². The Morgan fingerprint density at radius 1 is 1.53 bits per heavy atom. The van der Waals surface area contributed by atoms with Crippen LogP contribution in [0.3, 0.4) is 0 Å². The van der Waals surface area contributed by atoms with E-state index in [-0.39, 0.29) is 5.69 Å². The second-order valence-corrected chi connectivity index (χ2v) is 4.24. The zero-order chi connectivity index (χ0) is 12.3. The zero-order valence-corrected chi connectivity index (χ0v) is 9.81. The van der Waals surface area contributed by atoms with Gasteiger partial charge in [0, 0.05) is 12.1 Å². The summed E-state index contributed by atoms with van der Waals surface area (Å²) in [5, 5.41) is 14.2. The molecule has 0 atom stereocenters. The van der Waals surface area contributed by atoms with Gasteiger partial charge in [0.05, 0.1) is 12.0 Å². The van der Waals surface area contributed by atoms with Crippen LogP contribution in [0.2, 0.25) is 0 Å². The Balaban J connectivity index is 2.01. The Hall–Kier alpha value is -1.62. The maximum absolute atomic E-state index is 10.8. The normalized spacial score (nSPS) is 14.6. The van der Waals surface area contributed by atoms with E-state index in [1.165, 1.54) is 20.0 Å². The van der Waals surface area contributed by atoms with Crippen molar-refractivity contribution in [2.45, 2.75) is 25.3 Å². The average Bonchev–Trinajstić information content (AvgIpc) is 3.13. The fourth-order valence-corrected chi connectivity index (χ4v) is 1.74. The molecule has 0 unspecified atom stereocenters. The molecule has 0 spiro atoms. The van der Waals surface area contributed by atoms with Crippen molar-refractivity contribution in [3.63, 3.8) is 0 Å². The highest BCUT2D eigenvalue weighted by molar-refractivity contribution is 5.48. The van der Waals surface area contributed by atoms with Gasteiger partial charge < -0.3 is 10.1 Å². The van der Waals surface area contributed by atoms with Crippen LogP contribution in [0.25, 0.3) is 0 Å². The molecule has 0 heterocycles. The van der Waals surface area contributed by atoms with E-state index in [4.69, 9.17) is 4.74 Å². The summed E-state index contributed by atoms with van der Waals surface area (Å²) in [7, 11) is 1.44. The highest BCUT2D eigenvalue weighted by Crippen LogP contribution is 2.27. The van der Waals surface area contributed by atoms with Crippen molar-refractivity contribution in [3.05, 3.63) is 33.9 Å². The number of nitro groups is 1. The average molecular weight is 236 g/mol. The van der Waals surface area contributed by atoms with Gasteiger partial charge in [0.2, 0.25) is 0 Å². The molecule has 5 nitrogen and oxygen atoms in total. The van der Waals surface area contributed by atoms with Crippen molar-refractivity contribution in [2.24, 2.45) is 0 Å². The number of benzene rings is 1. The SMILES string of the molecule is COc1ccc(CCNC2CC2)cc1[N+](=O)[O-]. The molecule has 1 aromatic rings. The van der Waals surface area contributed by atoms with E-state index in [1.807, 2.05) is 6.07 Å². The Morgan fingerprint density at radius 2 is 2.29 bits per heavy atom. The molecule has 0 aromatic heterocycles. The Kier molecular flexibility index (Phi) is 3.58. The van der Waals surface area contributed by atoms with Gasteiger partial charge in [-0.3, -0.25) is 10.1 Å². The van der Waals surface area contributed by atoms with Crippen LogP contribution in [-0.2, 0) is 6.42 Å². The largest absolute Gasteiger partial charge is 0.490 e. The molecule has 0 bridgehead atoms. The van der Waals surface area contributed by atoms with Crippen molar-refractivity contribution in [1.29, 1.82) is 0 Å². The number of hydrogen-bond donors (Lipinski definition) is 1. The van der Waals surface area contributed by atoms with Crippen molar-refractivity contribution in [2.75, 3.05) is 13.7 Å². The van der Waals surface area contributed by atoms with E-state index in [2.05, 4.69) is 5.32 Å². The van der Waals surface area contributed by atoms with E-state index in [0.717, 1.165) is 18.5 Å². The van der Waals surface area contributed by atoms with Crippen LogP contribution in [0.4, 0.5) is 5.69 Å².